The van der Waals surface area contributed by atoms with Crippen LogP contribution in [-0.4, -0.2) is 16.6 Å². The van der Waals surface area contributed by atoms with Gasteiger partial charge in [-0.1, -0.05) is 48.0 Å². The molecule has 0 amide bonds. The molecule has 0 saturated carbocycles. The Morgan fingerprint density at radius 2 is 1.78 bits per heavy atom. The summed E-state index contributed by atoms with van der Waals surface area (Å²) in [6.07, 6.45) is 8.87. The number of pyridine rings is 1. The molecule has 0 saturated heterocycles. The van der Waals surface area contributed by atoms with Crippen LogP contribution in [0.3, 0.4) is 0 Å². The summed E-state index contributed by atoms with van der Waals surface area (Å²) in [4.78, 5) is 30.0. The summed E-state index contributed by atoms with van der Waals surface area (Å²) in [6.45, 7) is 2.02. The van der Waals surface area contributed by atoms with E-state index in [-0.39, 0.29) is 36.7 Å². The summed E-state index contributed by atoms with van der Waals surface area (Å²) in [5, 5.41) is 0. The van der Waals surface area contributed by atoms with E-state index in [9.17, 15) is 18.4 Å². The molecule has 1 heterocycles. The summed E-state index contributed by atoms with van der Waals surface area (Å²) < 4.78 is 28.0. The average molecular weight is 496 g/mol. The third kappa shape index (κ3) is 5.72. The topological polar surface area (TPSA) is 47.0 Å². The Balaban J connectivity index is 1.45. The SMILES string of the molecule is Cc1ccc(-c2cccnc2[C@@H](CC(=O)CC2=CCC3=C2CC(=O)C=C3)Cc2cc(F)cc(F)c2)cc1. The maximum absolute atomic E-state index is 14.0. The molecule has 2 aliphatic carbocycles. The molecule has 5 heteroatoms. The van der Waals surface area contributed by atoms with Crippen molar-refractivity contribution in [1.29, 1.82) is 0 Å². The third-order valence-corrected chi connectivity index (χ3v) is 7.02. The predicted octanol–water partition coefficient (Wildman–Crippen LogP) is 7.17. The predicted molar refractivity (Wildman–Crippen MR) is 140 cm³/mol. The molecule has 0 spiro atoms. The maximum Gasteiger partial charge on any atom is 0.160 e. The highest BCUT2D eigenvalue weighted by Crippen LogP contribution is 2.37. The summed E-state index contributed by atoms with van der Waals surface area (Å²) in [6, 6.07) is 15.4. The quantitative estimate of drug-likeness (QED) is 0.333. The van der Waals surface area contributed by atoms with Gasteiger partial charge >= 0.3 is 0 Å². The zero-order valence-corrected chi connectivity index (χ0v) is 20.6. The average Bonchev–Trinajstić information content (AvgIpc) is 3.25. The lowest BCUT2D eigenvalue weighted by molar-refractivity contribution is -0.119. The molecule has 186 valence electrons. The number of nitrogens with zero attached hydrogens (tertiary/aromatic N) is 1. The second-order valence-electron chi connectivity index (χ2n) is 9.81. The Morgan fingerprint density at radius 3 is 2.54 bits per heavy atom. The highest BCUT2D eigenvalue weighted by Gasteiger charge is 2.26. The number of carbonyl (C=O) groups is 2. The summed E-state index contributed by atoms with van der Waals surface area (Å²) in [5.74, 6) is -1.63. The van der Waals surface area contributed by atoms with Gasteiger partial charge in [0, 0.05) is 43.0 Å². The van der Waals surface area contributed by atoms with Crippen LogP contribution in [-0.2, 0) is 16.0 Å². The molecule has 3 nitrogen and oxygen atoms in total. The van der Waals surface area contributed by atoms with Crippen molar-refractivity contribution in [2.75, 3.05) is 0 Å². The first kappa shape index (κ1) is 24.7. The van der Waals surface area contributed by atoms with E-state index < -0.39 is 11.6 Å². The number of ketones is 2. The molecule has 0 fully saturated rings. The van der Waals surface area contributed by atoms with E-state index in [1.807, 2.05) is 55.5 Å². The van der Waals surface area contributed by atoms with E-state index in [2.05, 4.69) is 4.98 Å². The number of aromatic nitrogens is 1. The van der Waals surface area contributed by atoms with Gasteiger partial charge in [0.05, 0.1) is 5.69 Å². The van der Waals surface area contributed by atoms with Gasteiger partial charge in [-0.15, -0.1) is 0 Å². The van der Waals surface area contributed by atoms with Crippen LogP contribution >= 0.6 is 0 Å². The second kappa shape index (κ2) is 10.6. The fourth-order valence-corrected chi connectivity index (χ4v) is 5.25. The Hall–Kier alpha value is -3.99. The minimum atomic E-state index is -0.648. The first-order valence-electron chi connectivity index (χ1n) is 12.5. The lowest BCUT2D eigenvalue weighted by Gasteiger charge is -2.20. The highest BCUT2D eigenvalue weighted by atomic mass is 19.1. The van der Waals surface area contributed by atoms with Crippen LogP contribution in [0.15, 0.2) is 95.7 Å². The molecule has 0 unspecified atom stereocenters. The first-order chi connectivity index (χ1) is 17.9. The molecule has 0 aliphatic heterocycles. The Kier molecular flexibility index (Phi) is 7.04. The number of Topliss-reactive ketones (excluding diaryl/α,β-unsaturated/α-hetero) is 1. The molecule has 37 heavy (non-hydrogen) atoms. The van der Waals surface area contributed by atoms with Gasteiger partial charge in [-0.2, -0.15) is 0 Å². The van der Waals surface area contributed by atoms with Crippen molar-refractivity contribution >= 4 is 11.6 Å². The maximum atomic E-state index is 14.0. The van der Waals surface area contributed by atoms with Crippen molar-refractivity contribution in [3.8, 4) is 11.1 Å². The van der Waals surface area contributed by atoms with Crippen molar-refractivity contribution < 1.29 is 18.4 Å². The lowest BCUT2D eigenvalue weighted by atomic mass is 9.85. The van der Waals surface area contributed by atoms with Gasteiger partial charge in [-0.05, 0) is 71.9 Å². The number of halogens is 2. The second-order valence-corrected chi connectivity index (χ2v) is 9.81. The minimum absolute atomic E-state index is 0.00406. The minimum Gasteiger partial charge on any atom is -0.299 e. The van der Waals surface area contributed by atoms with Gasteiger partial charge < -0.3 is 0 Å². The van der Waals surface area contributed by atoms with Crippen molar-refractivity contribution in [3.63, 3.8) is 0 Å². The number of hydrogen-bond acceptors (Lipinski definition) is 3. The summed E-state index contributed by atoms with van der Waals surface area (Å²) in [5.41, 5.74) is 7.16. The van der Waals surface area contributed by atoms with Gasteiger partial charge in [0.25, 0.3) is 0 Å². The molecule has 0 N–H and O–H groups in total. The Bertz CT molecular complexity index is 1440. The van der Waals surface area contributed by atoms with Crippen molar-refractivity contribution in [3.05, 3.63) is 124 Å². The lowest BCUT2D eigenvalue weighted by Crippen LogP contribution is -2.14. The number of carbonyl (C=O) groups excluding carboxylic acids is 2. The molecule has 0 radical (unpaired) electrons. The van der Waals surface area contributed by atoms with Crippen LogP contribution in [0, 0.1) is 18.6 Å². The molecule has 2 aliphatic rings. The first-order valence-corrected chi connectivity index (χ1v) is 12.5. The van der Waals surface area contributed by atoms with Crippen molar-refractivity contribution in [2.24, 2.45) is 0 Å². The fraction of sp³-hybridized carbons (Fsp3) is 0.219. The summed E-state index contributed by atoms with van der Waals surface area (Å²) in [7, 11) is 0. The monoisotopic (exact) mass is 495 g/mol. The number of benzene rings is 2. The standard InChI is InChI=1S/C32H27F2NO2/c1-20-4-6-22(7-5-20)30-3-2-12-35-32(30)25(13-21-14-26(33)18-27(34)15-21)17-29(37)16-24-9-8-23-10-11-28(36)19-31(23)24/h2-7,9-12,14-15,18,25H,8,13,16-17,19H2,1H3/t25-/m1/s1. The fourth-order valence-electron chi connectivity index (χ4n) is 5.25. The molecule has 3 aromatic rings. The highest BCUT2D eigenvalue weighted by molar-refractivity contribution is 5.95. The molecule has 5 rings (SSSR count). The molecule has 0 bridgehead atoms. The number of hydrogen-bond donors (Lipinski definition) is 0. The van der Waals surface area contributed by atoms with Crippen LogP contribution < -0.4 is 0 Å². The van der Waals surface area contributed by atoms with E-state index >= 15 is 0 Å². The van der Waals surface area contributed by atoms with Gasteiger partial charge in [0.1, 0.15) is 17.4 Å². The van der Waals surface area contributed by atoms with E-state index in [4.69, 9.17) is 0 Å². The zero-order chi connectivity index (χ0) is 25.9. The van der Waals surface area contributed by atoms with E-state index in [0.717, 1.165) is 51.6 Å². The van der Waals surface area contributed by atoms with Gasteiger partial charge in [0.15, 0.2) is 5.78 Å². The number of allylic oxidation sites excluding steroid dienone is 6. The number of rotatable bonds is 8. The largest absolute Gasteiger partial charge is 0.299 e. The van der Waals surface area contributed by atoms with E-state index in [1.165, 1.54) is 12.1 Å². The Morgan fingerprint density at radius 1 is 1.03 bits per heavy atom. The number of aryl methyl sites for hydroxylation is 1. The molecule has 1 aromatic heterocycles. The van der Waals surface area contributed by atoms with E-state index in [0.29, 0.717) is 12.0 Å². The van der Waals surface area contributed by atoms with Gasteiger partial charge in [-0.25, -0.2) is 8.78 Å². The molecule has 1 atom stereocenters. The van der Waals surface area contributed by atoms with Gasteiger partial charge in [-0.3, -0.25) is 14.6 Å². The Labute approximate surface area is 215 Å². The molecular weight excluding hydrogens is 468 g/mol. The van der Waals surface area contributed by atoms with Crippen LogP contribution in [0.5, 0.6) is 0 Å². The van der Waals surface area contributed by atoms with Gasteiger partial charge in [0.2, 0.25) is 0 Å². The summed E-state index contributed by atoms with van der Waals surface area (Å²) >= 11 is 0. The van der Waals surface area contributed by atoms with E-state index in [1.54, 1.807) is 12.3 Å². The zero-order valence-electron chi connectivity index (χ0n) is 20.6. The van der Waals surface area contributed by atoms with Crippen LogP contribution in [0.2, 0.25) is 0 Å². The molecule has 2 aromatic carbocycles. The normalized spacial score (nSPS) is 15.5. The van der Waals surface area contributed by atoms with Crippen LogP contribution in [0.25, 0.3) is 11.1 Å². The van der Waals surface area contributed by atoms with Crippen molar-refractivity contribution in [1.82, 2.24) is 4.98 Å². The van der Waals surface area contributed by atoms with Crippen LogP contribution in [0.4, 0.5) is 8.78 Å². The molecular formula is C32H27F2NO2. The smallest absolute Gasteiger partial charge is 0.160 e. The van der Waals surface area contributed by atoms with Crippen LogP contribution in [0.1, 0.15) is 48.4 Å². The third-order valence-electron chi connectivity index (χ3n) is 7.02. The van der Waals surface area contributed by atoms with Crippen molar-refractivity contribution in [2.45, 2.75) is 44.9 Å².